The molecule has 0 bridgehead atoms. The molecular weight excluding hydrogens is 527 g/mol. The van der Waals surface area contributed by atoms with Crippen molar-refractivity contribution in [2.75, 3.05) is 10.0 Å². The van der Waals surface area contributed by atoms with Crippen LogP contribution in [0.1, 0.15) is 13.8 Å². The van der Waals surface area contributed by atoms with E-state index in [1.807, 2.05) is 0 Å². The van der Waals surface area contributed by atoms with Crippen LogP contribution in [0, 0.1) is 0 Å². The van der Waals surface area contributed by atoms with E-state index in [-0.39, 0.29) is 23.2 Å². The van der Waals surface area contributed by atoms with Crippen molar-refractivity contribution in [2.24, 2.45) is 0 Å². The molecule has 4 N–H and O–H groups in total. The normalized spacial score (nSPS) is 14.1. The summed E-state index contributed by atoms with van der Waals surface area (Å²) >= 11 is 5.89. The fraction of sp³-hybridized carbons (Fsp3) is 0.222. The van der Waals surface area contributed by atoms with Gasteiger partial charge in [0.25, 0.3) is 26.0 Å². The largest absolute Gasteiger partial charge is 0.426 e. The summed E-state index contributed by atoms with van der Waals surface area (Å²) < 4.78 is 91.2. The SMILES string of the molecule is CC(=O)NS(=O)(=O)c1ccc(NS(=O)(=O)c2ccc(NC(=O)[C@@](C)(O)C(F)(F)F)c(Cl)c2)cc1. The number of alkyl halides is 3. The lowest BCUT2D eigenvalue weighted by Crippen LogP contribution is -2.52. The van der Waals surface area contributed by atoms with Crippen LogP contribution in [0.3, 0.4) is 0 Å². The van der Waals surface area contributed by atoms with Gasteiger partial charge in [0.2, 0.25) is 11.5 Å². The van der Waals surface area contributed by atoms with Crippen molar-refractivity contribution in [3.05, 3.63) is 47.5 Å². The van der Waals surface area contributed by atoms with E-state index in [1.165, 1.54) is 0 Å². The molecule has 0 fully saturated rings. The molecule has 0 saturated heterocycles. The lowest BCUT2D eigenvalue weighted by atomic mass is 10.1. The number of aliphatic hydroxyl groups is 1. The third kappa shape index (κ3) is 6.16. The number of nitrogens with one attached hydrogen (secondary N) is 3. The van der Waals surface area contributed by atoms with E-state index >= 15 is 0 Å². The molecule has 2 rings (SSSR count). The van der Waals surface area contributed by atoms with Crippen LogP contribution in [0.5, 0.6) is 0 Å². The van der Waals surface area contributed by atoms with E-state index < -0.39 is 53.6 Å². The Kier molecular flexibility index (Phi) is 7.57. The predicted octanol–water partition coefficient (Wildman–Crippen LogP) is 2.22. The first-order valence-electron chi connectivity index (χ1n) is 8.93. The molecule has 16 heteroatoms. The summed E-state index contributed by atoms with van der Waals surface area (Å²) in [5.74, 6) is -2.65. The topological polar surface area (TPSA) is 159 Å². The van der Waals surface area contributed by atoms with Gasteiger partial charge in [0.05, 0.1) is 20.5 Å². The number of carbonyl (C=O) groups excluding carboxylic acids is 2. The fourth-order valence-corrected chi connectivity index (χ4v) is 4.67. The Morgan fingerprint density at radius 3 is 1.94 bits per heavy atom. The zero-order valence-electron chi connectivity index (χ0n) is 17.3. The third-order valence-electron chi connectivity index (χ3n) is 4.19. The highest BCUT2D eigenvalue weighted by molar-refractivity contribution is 7.92. The third-order valence-corrected chi connectivity index (χ3v) is 7.33. The lowest BCUT2D eigenvalue weighted by molar-refractivity contribution is -0.242. The zero-order valence-corrected chi connectivity index (χ0v) is 19.7. The number of sulfonamides is 2. The molecule has 0 saturated carbocycles. The van der Waals surface area contributed by atoms with Crippen molar-refractivity contribution in [1.29, 1.82) is 0 Å². The Hall–Kier alpha value is -2.88. The Balaban J connectivity index is 2.22. The first-order valence-corrected chi connectivity index (χ1v) is 12.3. The van der Waals surface area contributed by atoms with Gasteiger partial charge in [-0.3, -0.25) is 14.3 Å². The zero-order chi connectivity index (χ0) is 26.1. The molecule has 10 nitrogen and oxygen atoms in total. The molecule has 2 aromatic carbocycles. The van der Waals surface area contributed by atoms with Gasteiger partial charge >= 0.3 is 6.18 Å². The summed E-state index contributed by atoms with van der Waals surface area (Å²) in [7, 11) is -8.43. The van der Waals surface area contributed by atoms with Gasteiger partial charge in [-0.15, -0.1) is 0 Å². The van der Waals surface area contributed by atoms with Crippen LogP contribution in [0.4, 0.5) is 24.5 Å². The number of benzene rings is 2. The molecule has 0 heterocycles. The maximum atomic E-state index is 12.8. The minimum Gasteiger partial charge on any atom is -0.373 e. The molecule has 0 aliphatic carbocycles. The van der Waals surface area contributed by atoms with Gasteiger partial charge in [0.15, 0.2) is 0 Å². The second kappa shape index (κ2) is 9.40. The summed E-state index contributed by atoms with van der Waals surface area (Å²) in [4.78, 5) is 22.0. The molecular formula is C18H17ClF3N3O7S2. The summed E-state index contributed by atoms with van der Waals surface area (Å²) in [5.41, 5.74) is -4.17. The van der Waals surface area contributed by atoms with Crippen LogP contribution >= 0.6 is 11.6 Å². The van der Waals surface area contributed by atoms with Gasteiger partial charge in [-0.2, -0.15) is 13.2 Å². The number of rotatable bonds is 7. The average Bonchev–Trinajstić information content (AvgIpc) is 2.67. The number of carbonyl (C=O) groups is 2. The Bertz CT molecular complexity index is 1330. The van der Waals surface area contributed by atoms with Crippen LogP contribution < -0.4 is 14.8 Å². The van der Waals surface area contributed by atoms with Crippen molar-refractivity contribution in [3.8, 4) is 0 Å². The first-order chi connectivity index (χ1) is 15.4. The van der Waals surface area contributed by atoms with Gasteiger partial charge in [0, 0.05) is 12.6 Å². The Morgan fingerprint density at radius 1 is 0.941 bits per heavy atom. The van der Waals surface area contributed by atoms with E-state index in [1.54, 1.807) is 10.0 Å². The Morgan fingerprint density at radius 2 is 1.47 bits per heavy atom. The maximum absolute atomic E-state index is 12.8. The minimum atomic E-state index is -5.27. The lowest BCUT2D eigenvalue weighted by Gasteiger charge is -2.25. The van der Waals surface area contributed by atoms with E-state index in [0.29, 0.717) is 0 Å². The average molecular weight is 544 g/mol. The fourth-order valence-electron chi connectivity index (χ4n) is 2.30. The molecule has 1 atom stereocenters. The van der Waals surface area contributed by atoms with Gasteiger partial charge in [0.1, 0.15) is 0 Å². The van der Waals surface area contributed by atoms with Crippen LogP contribution in [0.2, 0.25) is 5.02 Å². The standard InChI is InChI=1S/C18H17ClF3N3O7S2/c1-10(26)24-33(29,30)12-5-3-11(4-6-12)25-34(31,32)13-7-8-15(14(19)9-13)23-16(27)17(2,28)18(20,21)22/h3-9,25,28H,1-2H3,(H,23,27)(H,24,26)/t17-/m1/s1. The number of amides is 2. The van der Waals surface area contributed by atoms with Crippen LogP contribution in [0.15, 0.2) is 52.3 Å². The molecule has 34 heavy (non-hydrogen) atoms. The first kappa shape index (κ1) is 27.4. The summed E-state index contributed by atoms with van der Waals surface area (Å²) in [6.45, 7) is 1.24. The summed E-state index contributed by atoms with van der Waals surface area (Å²) in [5, 5.41) is 10.7. The van der Waals surface area contributed by atoms with Gasteiger partial charge in [-0.05, 0) is 49.4 Å². The highest BCUT2D eigenvalue weighted by Gasteiger charge is 2.55. The van der Waals surface area contributed by atoms with Crippen LogP contribution in [-0.2, 0) is 29.6 Å². The molecule has 2 amide bonds. The number of hydrogen-bond acceptors (Lipinski definition) is 7. The highest BCUT2D eigenvalue weighted by atomic mass is 35.5. The molecule has 0 radical (unpaired) electrons. The van der Waals surface area contributed by atoms with E-state index in [4.69, 9.17) is 11.6 Å². The van der Waals surface area contributed by atoms with E-state index in [2.05, 4.69) is 4.72 Å². The molecule has 0 aliphatic rings. The van der Waals surface area contributed by atoms with E-state index in [9.17, 15) is 44.7 Å². The molecule has 186 valence electrons. The Labute approximate surface area is 197 Å². The van der Waals surface area contributed by atoms with Crippen molar-refractivity contribution < 1.29 is 44.7 Å². The van der Waals surface area contributed by atoms with Gasteiger partial charge in [-0.25, -0.2) is 21.6 Å². The minimum absolute atomic E-state index is 0.0588. The summed E-state index contributed by atoms with van der Waals surface area (Å²) in [6, 6.07) is 7.01. The molecule has 0 spiro atoms. The van der Waals surface area contributed by atoms with Crippen molar-refractivity contribution in [2.45, 2.75) is 35.4 Å². The maximum Gasteiger partial charge on any atom is 0.426 e. The molecule has 2 aromatic rings. The smallest absolute Gasteiger partial charge is 0.373 e. The summed E-state index contributed by atoms with van der Waals surface area (Å²) in [6.07, 6.45) is -5.27. The molecule has 0 unspecified atom stereocenters. The van der Waals surface area contributed by atoms with E-state index in [0.717, 1.165) is 49.4 Å². The van der Waals surface area contributed by atoms with Gasteiger partial charge < -0.3 is 10.4 Å². The van der Waals surface area contributed by atoms with Gasteiger partial charge in [-0.1, -0.05) is 11.6 Å². The van der Waals surface area contributed by atoms with Crippen molar-refractivity contribution in [1.82, 2.24) is 4.72 Å². The van der Waals surface area contributed by atoms with Crippen LogP contribution in [-0.4, -0.2) is 45.5 Å². The number of hydrogen-bond donors (Lipinski definition) is 4. The molecule has 0 aromatic heterocycles. The van der Waals surface area contributed by atoms with Crippen molar-refractivity contribution in [3.63, 3.8) is 0 Å². The predicted molar refractivity (Wildman–Crippen MR) is 115 cm³/mol. The monoisotopic (exact) mass is 543 g/mol. The second-order valence-corrected chi connectivity index (χ2v) is 10.7. The second-order valence-electron chi connectivity index (χ2n) is 6.96. The van der Waals surface area contributed by atoms with Crippen LogP contribution in [0.25, 0.3) is 0 Å². The highest BCUT2D eigenvalue weighted by Crippen LogP contribution is 2.33. The quantitative estimate of drug-likeness (QED) is 0.416. The molecule has 0 aliphatic heterocycles. The number of halogens is 4. The van der Waals surface area contributed by atoms with Crippen molar-refractivity contribution >= 4 is 54.8 Å². The number of anilines is 2.